The molecule has 2 N–H and O–H groups in total. The lowest BCUT2D eigenvalue weighted by Crippen LogP contribution is -2.48. The molecular weight excluding hydrogens is 528 g/mol. The molecule has 0 saturated carbocycles. The number of hydrogen-bond acceptors (Lipinski definition) is 12. The van der Waals surface area contributed by atoms with Gasteiger partial charge in [0.25, 0.3) is 0 Å². The number of nitrogens with zero attached hydrogens (tertiary/aromatic N) is 4. The van der Waals surface area contributed by atoms with Crippen molar-refractivity contribution in [1.82, 2.24) is 0 Å². The van der Waals surface area contributed by atoms with Crippen LogP contribution in [0.3, 0.4) is 0 Å². The number of esters is 1. The van der Waals surface area contributed by atoms with Gasteiger partial charge in [0.2, 0.25) is 6.61 Å². The van der Waals surface area contributed by atoms with Gasteiger partial charge in [-0.25, -0.2) is 0 Å². The smallest absolute Gasteiger partial charge is 0.481 e. The average molecular weight is 571 g/mol. The highest BCUT2D eigenvalue weighted by molar-refractivity contribution is 5.72. The molecule has 0 aliphatic rings. The fraction of sp³-hybridized carbons (Fsp3) is 0.909. The monoisotopic (exact) mass is 570 g/mol. The van der Waals surface area contributed by atoms with Crippen LogP contribution in [0.2, 0.25) is 0 Å². The molecule has 0 bridgehead atoms. The molecule has 0 spiro atoms. The van der Waals surface area contributed by atoms with E-state index in [2.05, 4.69) is 6.92 Å². The Morgan fingerprint density at radius 2 is 1.10 bits per heavy atom. The summed E-state index contributed by atoms with van der Waals surface area (Å²) in [4.78, 5) is 58.9. The molecule has 0 aliphatic carbocycles. The van der Waals surface area contributed by atoms with Crippen LogP contribution in [-0.4, -0.2) is 66.4 Å². The Kier molecular flexibility index (Phi) is 21.0. The van der Waals surface area contributed by atoms with Crippen LogP contribution in [0.15, 0.2) is 0 Å². The molecule has 39 heavy (non-hydrogen) atoms. The third kappa shape index (κ3) is 14.9. The zero-order valence-electron chi connectivity index (χ0n) is 23.4. The Labute approximate surface area is 226 Å². The average Bonchev–Trinajstić information content (AvgIpc) is 2.87. The molecule has 17 nitrogen and oxygen atoms in total. The van der Waals surface area contributed by atoms with Gasteiger partial charge in [0.15, 0.2) is 6.61 Å². The number of ether oxygens (including phenoxy) is 1. The number of aliphatic hydroxyl groups excluding tert-OH is 1. The van der Waals surface area contributed by atoms with Gasteiger partial charge in [-0.3, -0.25) is 50.0 Å². The molecule has 228 valence electrons. The summed E-state index contributed by atoms with van der Waals surface area (Å²) < 4.78 is 4.76. The molecular formula is C22H42N4O13. The van der Waals surface area contributed by atoms with E-state index in [-0.39, 0.29) is 11.8 Å². The molecule has 17 heteroatoms. The first-order chi connectivity index (χ1) is 18.0. The number of rotatable bonds is 17. The number of nitro groups is 4. The number of unbranched alkanes of at least 4 members (excludes halogenated alkanes) is 2. The summed E-state index contributed by atoms with van der Waals surface area (Å²) in [6.07, 6.45) is 6.65. The van der Waals surface area contributed by atoms with Crippen LogP contribution >= 0.6 is 0 Å². The minimum Gasteiger partial charge on any atom is -0.481 e. The highest BCUT2D eigenvalue weighted by Gasteiger charge is 2.52. The van der Waals surface area contributed by atoms with Crippen molar-refractivity contribution in [3.05, 3.63) is 40.5 Å². The van der Waals surface area contributed by atoms with Crippen molar-refractivity contribution < 1.29 is 44.2 Å². The maximum Gasteiger partial charge on any atom is 0.488 e. The van der Waals surface area contributed by atoms with Crippen molar-refractivity contribution in [2.24, 2.45) is 11.8 Å². The minimum atomic E-state index is -2.49. The molecule has 0 aromatic rings. The fourth-order valence-electron chi connectivity index (χ4n) is 2.57. The highest BCUT2D eigenvalue weighted by atomic mass is 16.7. The van der Waals surface area contributed by atoms with Crippen molar-refractivity contribution in [2.45, 2.75) is 104 Å². The number of hydrogen-bond donors (Lipinski definition) is 2. The molecule has 2 unspecified atom stereocenters. The van der Waals surface area contributed by atoms with Crippen LogP contribution in [0.25, 0.3) is 0 Å². The summed E-state index contributed by atoms with van der Waals surface area (Å²) in [7, 11) is 0. The van der Waals surface area contributed by atoms with E-state index in [1.54, 1.807) is 0 Å². The quantitative estimate of drug-likeness (QED) is 0.110. The minimum absolute atomic E-state index is 0.111. The molecule has 0 radical (unpaired) electrons. The summed E-state index contributed by atoms with van der Waals surface area (Å²) in [5.74, 6) is -1.72. The zero-order valence-corrected chi connectivity index (χ0v) is 23.4. The molecule has 0 fully saturated rings. The highest BCUT2D eigenvalue weighted by Crippen LogP contribution is 2.17. The van der Waals surface area contributed by atoms with Crippen LogP contribution < -0.4 is 0 Å². The van der Waals surface area contributed by atoms with Crippen LogP contribution in [0.5, 0.6) is 0 Å². The van der Waals surface area contributed by atoms with Gasteiger partial charge in [0.05, 0.1) is 25.7 Å². The maximum absolute atomic E-state index is 11.7. The van der Waals surface area contributed by atoms with E-state index in [0.29, 0.717) is 12.8 Å². The number of carboxylic acid groups (broad SMARTS) is 1. The van der Waals surface area contributed by atoms with Gasteiger partial charge in [-0.05, 0) is 25.7 Å². The van der Waals surface area contributed by atoms with Crippen LogP contribution in [0.1, 0.15) is 92.9 Å². The van der Waals surface area contributed by atoms with Gasteiger partial charge in [-0.2, -0.15) is 0 Å². The fourth-order valence-corrected chi connectivity index (χ4v) is 2.57. The second-order valence-corrected chi connectivity index (χ2v) is 9.06. The van der Waals surface area contributed by atoms with Gasteiger partial charge < -0.3 is 14.9 Å². The summed E-state index contributed by atoms with van der Waals surface area (Å²) in [5.41, 5.74) is -4.95. The van der Waals surface area contributed by atoms with Gasteiger partial charge >= 0.3 is 23.3 Å². The predicted molar refractivity (Wildman–Crippen MR) is 137 cm³/mol. The number of aliphatic carboxylic acids is 1. The molecule has 2 atom stereocenters. The van der Waals surface area contributed by atoms with Crippen molar-refractivity contribution in [3.63, 3.8) is 0 Å². The normalized spacial score (nSPS) is 12.4. The standard InChI is InChI=1S/C11H20N2O6.C8H16O2.C3H6N2O5/c1-4-6-7-9(5-2)10(14)19-8-11(3,12(15)16)13(17)18;1-3-5-6-7(4-2)8(9)10;1-3(2-6,4(7)8)5(9)10/h9H,4-8H2,1-3H3;7H,3-6H2,1-2H3,(H,9,10);6H,2H2,1H3. The Morgan fingerprint density at radius 3 is 1.33 bits per heavy atom. The van der Waals surface area contributed by atoms with Crippen LogP contribution in [-0.2, 0) is 14.3 Å². The lowest BCUT2D eigenvalue weighted by atomic mass is 10.00. The van der Waals surface area contributed by atoms with Crippen molar-refractivity contribution in [3.8, 4) is 0 Å². The van der Waals surface area contributed by atoms with Crippen LogP contribution in [0, 0.1) is 52.3 Å². The summed E-state index contributed by atoms with van der Waals surface area (Å²) >= 11 is 0. The van der Waals surface area contributed by atoms with Gasteiger partial charge in [-0.15, -0.1) is 0 Å². The van der Waals surface area contributed by atoms with E-state index < -0.39 is 56.2 Å². The number of carbonyl (C=O) groups is 2. The number of carboxylic acids is 1. The largest absolute Gasteiger partial charge is 0.488 e. The van der Waals surface area contributed by atoms with Crippen molar-refractivity contribution in [1.29, 1.82) is 0 Å². The lowest BCUT2D eigenvalue weighted by molar-refractivity contribution is -0.793. The summed E-state index contributed by atoms with van der Waals surface area (Å²) in [6, 6.07) is 0. The second-order valence-electron chi connectivity index (χ2n) is 9.06. The maximum atomic E-state index is 11.7. The van der Waals surface area contributed by atoms with E-state index in [9.17, 15) is 50.0 Å². The molecule has 0 aromatic heterocycles. The Balaban J connectivity index is -0.000000547. The SMILES string of the molecule is CC(CO)([N+](=O)[O-])[N+](=O)[O-].CCCCC(CC)C(=O)O.CCCCC(CC)C(=O)OCC(C)([N+](=O)[O-])[N+](=O)[O-]. The molecule has 0 aromatic carbocycles. The Morgan fingerprint density at radius 1 is 0.744 bits per heavy atom. The first-order valence-corrected chi connectivity index (χ1v) is 12.5. The first kappa shape index (κ1) is 40.0. The molecule has 0 saturated heterocycles. The van der Waals surface area contributed by atoms with Gasteiger partial charge in [-0.1, -0.05) is 53.4 Å². The van der Waals surface area contributed by atoms with Crippen molar-refractivity contribution in [2.75, 3.05) is 13.2 Å². The summed E-state index contributed by atoms with van der Waals surface area (Å²) in [5, 5.41) is 58.0. The van der Waals surface area contributed by atoms with E-state index in [4.69, 9.17) is 14.9 Å². The molecule has 0 aliphatic heterocycles. The number of aliphatic hydroxyl groups is 1. The van der Waals surface area contributed by atoms with Crippen LogP contribution in [0.4, 0.5) is 0 Å². The third-order valence-corrected chi connectivity index (χ3v) is 5.84. The Bertz CT molecular complexity index is 779. The predicted octanol–water partition coefficient (Wildman–Crippen LogP) is 3.55. The lowest BCUT2D eigenvalue weighted by Gasteiger charge is -2.16. The van der Waals surface area contributed by atoms with Gasteiger partial charge in [0, 0.05) is 0 Å². The first-order valence-electron chi connectivity index (χ1n) is 12.5. The molecule has 0 amide bonds. The third-order valence-electron chi connectivity index (χ3n) is 5.84. The van der Waals surface area contributed by atoms with Crippen molar-refractivity contribution >= 4 is 11.9 Å². The number of carbonyl (C=O) groups excluding carboxylic acids is 1. The van der Waals surface area contributed by atoms with E-state index >= 15 is 0 Å². The zero-order chi connectivity index (χ0) is 31.4. The Hall–Kier alpha value is -3.50. The van der Waals surface area contributed by atoms with Gasteiger partial charge in [0.1, 0.15) is 19.7 Å². The van der Waals surface area contributed by atoms with E-state index in [0.717, 1.165) is 52.4 Å². The topological polar surface area (TPSA) is 256 Å². The second kappa shape index (κ2) is 20.5. The summed E-state index contributed by atoms with van der Waals surface area (Å²) in [6.45, 7) is 7.40. The molecule has 0 rings (SSSR count). The molecule has 0 heterocycles. The van der Waals surface area contributed by atoms with E-state index in [1.807, 2.05) is 20.8 Å². The van der Waals surface area contributed by atoms with E-state index in [1.165, 1.54) is 0 Å².